The molecule has 16 heavy (non-hydrogen) atoms. The Morgan fingerprint density at radius 3 is 2.50 bits per heavy atom. The minimum atomic E-state index is 0.269. The molecule has 2 rings (SSSR count). The van der Waals surface area contributed by atoms with Crippen molar-refractivity contribution in [3.05, 3.63) is 30.9 Å². The molecular weight excluding hydrogens is 381 g/mol. The average molecular weight is 392 g/mol. The number of phenols is 1. The summed E-state index contributed by atoms with van der Waals surface area (Å²) in [6.45, 7) is 6.08. The van der Waals surface area contributed by atoms with Crippen LogP contribution in [0, 0.1) is 24.3 Å². The smallest absolute Gasteiger partial charge is 0.155 e. The van der Waals surface area contributed by atoms with Crippen LogP contribution in [0.5, 0.6) is 5.75 Å². The minimum absolute atomic E-state index is 0.269. The summed E-state index contributed by atoms with van der Waals surface area (Å²) in [6.07, 6.45) is 0. The minimum Gasteiger partial charge on any atom is -0.505 e. The van der Waals surface area contributed by atoms with E-state index in [1.165, 1.54) is 11.1 Å². The van der Waals surface area contributed by atoms with Crippen molar-refractivity contribution in [2.45, 2.75) is 20.8 Å². The fourth-order valence-corrected chi connectivity index (χ4v) is 3.48. The first-order valence-corrected chi connectivity index (χ1v) is 6.75. The summed E-state index contributed by atoms with van der Waals surface area (Å²) < 4.78 is 1.80. The standard InChI is InChI=1S/C12H11BrINO/c1-5-6(2)10-8(13)4-9(14)12(16)11(10)15-7(5)3/h4,16H,1-3H3. The topological polar surface area (TPSA) is 33.1 Å². The molecular formula is C12H11BrINO. The van der Waals surface area contributed by atoms with E-state index in [-0.39, 0.29) is 5.75 Å². The molecule has 1 heterocycles. The summed E-state index contributed by atoms with van der Waals surface area (Å²) in [5, 5.41) is 11.0. The second kappa shape index (κ2) is 4.14. The largest absolute Gasteiger partial charge is 0.505 e. The molecule has 84 valence electrons. The number of aromatic hydroxyl groups is 1. The molecule has 1 aromatic carbocycles. The molecule has 0 amide bonds. The van der Waals surface area contributed by atoms with E-state index in [0.29, 0.717) is 5.52 Å². The predicted molar refractivity (Wildman–Crippen MR) is 78.0 cm³/mol. The molecule has 0 saturated carbocycles. The maximum atomic E-state index is 10.0. The van der Waals surface area contributed by atoms with Crippen molar-refractivity contribution >= 4 is 49.4 Å². The van der Waals surface area contributed by atoms with Crippen LogP contribution in [0.2, 0.25) is 0 Å². The lowest BCUT2D eigenvalue weighted by molar-refractivity contribution is 0.476. The number of hydrogen-bond acceptors (Lipinski definition) is 2. The highest BCUT2D eigenvalue weighted by molar-refractivity contribution is 14.1. The first kappa shape index (κ1) is 12.1. The van der Waals surface area contributed by atoms with Gasteiger partial charge >= 0.3 is 0 Å². The summed E-state index contributed by atoms with van der Waals surface area (Å²) >= 11 is 5.65. The van der Waals surface area contributed by atoms with E-state index in [4.69, 9.17) is 0 Å². The van der Waals surface area contributed by atoms with Gasteiger partial charge in [0.2, 0.25) is 0 Å². The number of phenolic OH excluding ortho intramolecular Hbond substituents is 1. The SMILES string of the molecule is Cc1nc2c(O)c(I)cc(Br)c2c(C)c1C. The quantitative estimate of drug-likeness (QED) is 0.681. The number of pyridine rings is 1. The van der Waals surface area contributed by atoms with Gasteiger partial charge < -0.3 is 5.11 Å². The van der Waals surface area contributed by atoms with Crippen LogP contribution in [-0.2, 0) is 0 Å². The van der Waals surface area contributed by atoms with Crippen LogP contribution >= 0.6 is 38.5 Å². The van der Waals surface area contributed by atoms with Crippen molar-refractivity contribution in [2.75, 3.05) is 0 Å². The van der Waals surface area contributed by atoms with Gasteiger partial charge in [-0.3, -0.25) is 0 Å². The molecule has 2 nitrogen and oxygen atoms in total. The van der Waals surface area contributed by atoms with Gasteiger partial charge in [0.25, 0.3) is 0 Å². The predicted octanol–water partition coefficient (Wildman–Crippen LogP) is 4.23. The molecule has 4 heteroatoms. The number of nitrogens with zero attached hydrogens (tertiary/aromatic N) is 1. The zero-order valence-electron chi connectivity index (χ0n) is 9.23. The zero-order chi connectivity index (χ0) is 12.0. The fraction of sp³-hybridized carbons (Fsp3) is 0.250. The normalized spacial score (nSPS) is 11.1. The van der Waals surface area contributed by atoms with Crippen LogP contribution in [0.3, 0.4) is 0 Å². The highest BCUT2D eigenvalue weighted by Crippen LogP contribution is 2.37. The number of aromatic nitrogens is 1. The van der Waals surface area contributed by atoms with Crippen LogP contribution in [-0.4, -0.2) is 10.1 Å². The van der Waals surface area contributed by atoms with E-state index in [9.17, 15) is 5.11 Å². The van der Waals surface area contributed by atoms with Gasteiger partial charge in [0, 0.05) is 15.6 Å². The Balaban J connectivity index is 3.07. The first-order valence-electron chi connectivity index (χ1n) is 4.88. The molecule has 0 saturated heterocycles. The van der Waals surface area contributed by atoms with Crippen molar-refractivity contribution in [3.8, 4) is 5.75 Å². The van der Waals surface area contributed by atoms with E-state index in [2.05, 4.69) is 57.4 Å². The van der Waals surface area contributed by atoms with Gasteiger partial charge in [-0.25, -0.2) is 4.98 Å². The van der Waals surface area contributed by atoms with E-state index >= 15 is 0 Å². The highest BCUT2D eigenvalue weighted by Gasteiger charge is 2.14. The summed E-state index contributed by atoms with van der Waals surface area (Å²) in [4.78, 5) is 4.47. The van der Waals surface area contributed by atoms with Crippen molar-refractivity contribution in [3.63, 3.8) is 0 Å². The van der Waals surface area contributed by atoms with Crippen LogP contribution in [0.1, 0.15) is 16.8 Å². The molecule has 0 unspecified atom stereocenters. The lowest BCUT2D eigenvalue weighted by Gasteiger charge is -2.12. The maximum Gasteiger partial charge on any atom is 0.155 e. The van der Waals surface area contributed by atoms with E-state index in [1.54, 1.807) is 0 Å². The zero-order valence-corrected chi connectivity index (χ0v) is 13.0. The van der Waals surface area contributed by atoms with Crippen LogP contribution in [0.4, 0.5) is 0 Å². The van der Waals surface area contributed by atoms with Gasteiger partial charge in [-0.05, 0) is 60.6 Å². The molecule has 0 spiro atoms. The third kappa shape index (κ3) is 1.72. The summed E-state index contributed by atoms with van der Waals surface area (Å²) in [5.41, 5.74) is 3.99. The van der Waals surface area contributed by atoms with E-state index < -0.39 is 0 Å². The van der Waals surface area contributed by atoms with Crippen LogP contribution in [0.25, 0.3) is 10.9 Å². The van der Waals surface area contributed by atoms with Crippen molar-refractivity contribution in [1.29, 1.82) is 0 Å². The van der Waals surface area contributed by atoms with Gasteiger partial charge in [0.05, 0.1) is 3.57 Å². The Morgan fingerprint density at radius 2 is 1.88 bits per heavy atom. The highest BCUT2D eigenvalue weighted by atomic mass is 127. The molecule has 2 aromatic rings. The number of halogens is 2. The number of aryl methyl sites for hydroxylation is 2. The second-order valence-corrected chi connectivity index (χ2v) is 5.88. The molecule has 1 N–H and O–H groups in total. The van der Waals surface area contributed by atoms with Gasteiger partial charge in [0.1, 0.15) is 5.52 Å². The average Bonchev–Trinajstić information content (AvgIpc) is 2.22. The molecule has 0 atom stereocenters. The van der Waals surface area contributed by atoms with Crippen LogP contribution in [0.15, 0.2) is 10.5 Å². The molecule has 0 aliphatic heterocycles. The number of hydrogen-bond donors (Lipinski definition) is 1. The van der Waals surface area contributed by atoms with Crippen LogP contribution < -0.4 is 0 Å². The lowest BCUT2D eigenvalue weighted by Crippen LogP contribution is -1.95. The molecule has 1 aromatic heterocycles. The Bertz CT molecular complexity index is 596. The van der Waals surface area contributed by atoms with Crippen molar-refractivity contribution < 1.29 is 5.11 Å². The summed E-state index contributed by atoms with van der Waals surface area (Å²) in [5.74, 6) is 0.269. The van der Waals surface area contributed by atoms with Crippen molar-refractivity contribution in [2.24, 2.45) is 0 Å². The number of rotatable bonds is 0. The van der Waals surface area contributed by atoms with Gasteiger partial charge in [-0.15, -0.1) is 0 Å². The molecule has 0 radical (unpaired) electrons. The van der Waals surface area contributed by atoms with E-state index in [0.717, 1.165) is 19.1 Å². The number of benzene rings is 1. The lowest BCUT2D eigenvalue weighted by atomic mass is 10.0. The van der Waals surface area contributed by atoms with Gasteiger partial charge in [-0.2, -0.15) is 0 Å². The number of fused-ring (bicyclic) bond motifs is 1. The summed E-state index contributed by atoms with van der Waals surface area (Å²) in [7, 11) is 0. The Morgan fingerprint density at radius 1 is 1.25 bits per heavy atom. The second-order valence-electron chi connectivity index (χ2n) is 3.86. The molecule has 0 aliphatic rings. The van der Waals surface area contributed by atoms with Crippen molar-refractivity contribution in [1.82, 2.24) is 4.98 Å². The monoisotopic (exact) mass is 391 g/mol. The summed E-state index contributed by atoms with van der Waals surface area (Å²) in [6, 6.07) is 1.92. The Labute approximate surface area is 116 Å². The van der Waals surface area contributed by atoms with E-state index in [1.807, 2.05) is 13.0 Å². The first-order chi connectivity index (χ1) is 7.43. The Kier molecular flexibility index (Phi) is 3.13. The molecule has 0 fully saturated rings. The Hall–Kier alpha value is -0.360. The maximum absolute atomic E-state index is 10.0. The van der Waals surface area contributed by atoms with Gasteiger partial charge in [0.15, 0.2) is 5.75 Å². The molecule has 0 aliphatic carbocycles. The fourth-order valence-electron chi connectivity index (χ4n) is 1.77. The van der Waals surface area contributed by atoms with Gasteiger partial charge in [-0.1, -0.05) is 15.9 Å². The third-order valence-electron chi connectivity index (χ3n) is 2.94. The third-order valence-corrected chi connectivity index (χ3v) is 4.39. The molecule has 0 bridgehead atoms.